The van der Waals surface area contributed by atoms with Gasteiger partial charge in [-0.25, -0.2) is 0 Å². The molecule has 27 heavy (non-hydrogen) atoms. The SMILES string of the molecule is C#CCCCCCCCCCCCCCCCC(=O)O[Si](C)(C)C(C)(C)C. The van der Waals surface area contributed by atoms with E-state index in [1.54, 1.807) is 0 Å². The predicted octanol–water partition coefficient (Wildman–Crippen LogP) is 8.02. The Hall–Kier alpha value is -0.753. The highest BCUT2D eigenvalue weighted by molar-refractivity contribution is 6.75. The molecule has 0 rings (SSSR count). The summed E-state index contributed by atoms with van der Waals surface area (Å²) in [6, 6.07) is 0. The van der Waals surface area contributed by atoms with Crippen LogP contribution in [0.5, 0.6) is 0 Å². The molecule has 0 amide bonds. The van der Waals surface area contributed by atoms with Gasteiger partial charge >= 0.3 is 0 Å². The summed E-state index contributed by atoms with van der Waals surface area (Å²) in [4.78, 5) is 12.0. The van der Waals surface area contributed by atoms with Crippen molar-refractivity contribution in [1.29, 1.82) is 0 Å². The van der Waals surface area contributed by atoms with Gasteiger partial charge in [0, 0.05) is 12.8 Å². The zero-order chi connectivity index (χ0) is 20.6. The van der Waals surface area contributed by atoms with Gasteiger partial charge in [-0.2, -0.15) is 0 Å². The maximum absolute atomic E-state index is 12.0. The van der Waals surface area contributed by atoms with Crippen LogP contribution in [0.25, 0.3) is 0 Å². The second kappa shape index (κ2) is 15.2. The highest BCUT2D eigenvalue weighted by Gasteiger charge is 2.40. The van der Waals surface area contributed by atoms with Gasteiger partial charge in [0.2, 0.25) is 0 Å². The summed E-state index contributed by atoms with van der Waals surface area (Å²) in [5, 5.41) is 0.102. The molecule has 3 heteroatoms. The van der Waals surface area contributed by atoms with E-state index in [1.807, 2.05) is 0 Å². The normalized spacial score (nSPS) is 12.0. The van der Waals surface area contributed by atoms with E-state index >= 15 is 0 Å². The molecule has 0 radical (unpaired) electrons. The number of unbranched alkanes of at least 4 members (excludes halogenated alkanes) is 13. The fourth-order valence-corrected chi connectivity index (χ4v) is 3.91. The van der Waals surface area contributed by atoms with Crippen molar-refractivity contribution in [3.05, 3.63) is 0 Å². The molecule has 0 aliphatic heterocycles. The molecule has 0 aromatic carbocycles. The lowest BCUT2D eigenvalue weighted by molar-refractivity contribution is -0.135. The third kappa shape index (κ3) is 14.9. The zero-order valence-corrected chi connectivity index (χ0v) is 20.0. The average molecular weight is 395 g/mol. The Balaban J connectivity index is 3.39. The Morgan fingerprint density at radius 2 is 1.15 bits per heavy atom. The van der Waals surface area contributed by atoms with E-state index in [0.717, 1.165) is 19.3 Å². The number of hydrogen-bond acceptors (Lipinski definition) is 2. The minimum atomic E-state index is -1.93. The fraction of sp³-hybridized carbons (Fsp3) is 0.875. The summed E-state index contributed by atoms with van der Waals surface area (Å²) < 4.78 is 5.81. The molecular weight excluding hydrogens is 348 g/mol. The fourth-order valence-electron chi connectivity index (χ4n) is 2.93. The summed E-state index contributed by atoms with van der Waals surface area (Å²) in [5.74, 6) is 2.72. The van der Waals surface area contributed by atoms with Crippen LogP contribution in [0.15, 0.2) is 0 Å². The molecule has 0 fully saturated rings. The van der Waals surface area contributed by atoms with Crippen molar-refractivity contribution in [2.75, 3.05) is 0 Å². The monoisotopic (exact) mass is 394 g/mol. The van der Waals surface area contributed by atoms with Crippen LogP contribution in [-0.4, -0.2) is 14.3 Å². The number of terminal acetylenes is 1. The Labute approximate surface area is 171 Å². The van der Waals surface area contributed by atoms with Crippen LogP contribution in [0.4, 0.5) is 0 Å². The van der Waals surface area contributed by atoms with Crippen molar-refractivity contribution >= 4 is 14.3 Å². The van der Waals surface area contributed by atoms with Crippen LogP contribution >= 0.6 is 0 Å². The molecule has 0 aromatic heterocycles. The molecule has 0 aliphatic rings. The minimum Gasteiger partial charge on any atom is -0.519 e. The molecule has 0 saturated carbocycles. The van der Waals surface area contributed by atoms with Crippen LogP contribution in [0.1, 0.15) is 117 Å². The maximum atomic E-state index is 12.0. The molecule has 0 saturated heterocycles. The standard InChI is InChI=1S/C24H46O2Si/c1-7-8-9-10-11-12-13-14-15-16-17-18-19-20-21-22-23(25)26-27(5,6)24(2,3)4/h1H,8-22H2,2-6H3. The third-order valence-corrected chi connectivity index (χ3v) is 10.2. The van der Waals surface area contributed by atoms with Crippen molar-refractivity contribution < 1.29 is 9.22 Å². The van der Waals surface area contributed by atoms with Crippen LogP contribution in [0.2, 0.25) is 18.1 Å². The lowest BCUT2D eigenvalue weighted by Crippen LogP contribution is -2.42. The van der Waals surface area contributed by atoms with Crippen molar-refractivity contribution in [3.8, 4) is 12.3 Å². The molecule has 158 valence electrons. The van der Waals surface area contributed by atoms with E-state index in [1.165, 1.54) is 70.6 Å². The van der Waals surface area contributed by atoms with Gasteiger partial charge in [0.1, 0.15) is 0 Å². The number of rotatable bonds is 16. The Morgan fingerprint density at radius 3 is 1.52 bits per heavy atom. The van der Waals surface area contributed by atoms with Crippen LogP contribution in [0, 0.1) is 12.3 Å². The molecule has 0 aromatic rings. The smallest absolute Gasteiger partial charge is 0.292 e. The molecule has 0 aliphatic carbocycles. The highest BCUT2D eigenvalue weighted by atomic mass is 28.4. The summed E-state index contributed by atoms with van der Waals surface area (Å²) in [6.07, 6.45) is 23.6. The molecule has 0 heterocycles. The molecular formula is C24H46O2Si. The first kappa shape index (κ1) is 26.2. The van der Waals surface area contributed by atoms with E-state index in [9.17, 15) is 4.79 Å². The van der Waals surface area contributed by atoms with Gasteiger partial charge in [-0.05, 0) is 31.0 Å². The number of hydrogen-bond donors (Lipinski definition) is 0. The van der Waals surface area contributed by atoms with E-state index in [2.05, 4.69) is 39.8 Å². The van der Waals surface area contributed by atoms with Gasteiger partial charge in [0.05, 0.1) is 0 Å². The third-order valence-electron chi connectivity index (χ3n) is 5.88. The van der Waals surface area contributed by atoms with Gasteiger partial charge in [-0.3, -0.25) is 4.79 Å². The number of carbonyl (C=O) groups is 1. The highest BCUT2D eigenvalue weighted by Crippen LogP contribution is 2.36. The molecule has 0 spiro atoms. The second-order valence-electron chi connectivity index (χ2n) is 9.53. The van der Waals surface area contributed by atoms with Gasteiger partial charge in [0.25, 0.3) is 14.3 Å². The van der Waals surface area contributed by atoms with E-state index in [4.69, 9.17) is 10.8 Å². The van der Waals surface area contributed by atoms with Gasteiger partial charge in [-0.15, -0.1) is 12.3 Å². The Kier molecular flexibility index (Phi) is 14.8. The second-order valence-corrected chi connectivity index (χ2v) is 14.3. The largest absolute Gasteiger partial charge is 0.519 e. The first-order chi connectivity index (χ1) is 12.7. The summed E-state index contributed by atoms with van der Waals surface area (Å²) in [7, 11) is -1.93. The summed E-state index contributed by atoms with van der Waals surface area (Å²) in [5.41, 5.74) is 0. The summed E-state index contributed by atoms with van der Waals surface area (Å²) >= 11 is 0. The number of carbonyl (C=O) groups excluding carboxylic acids is 1. The summed E-state index contributed by atoms with van der Waals surface area (Å²) in [6.45, 7) is 10.8. The van der Waals surface area contributed by atoms with Crippen LogP contribution < -0.4 is 0 Å². The van der Waals surface area contributed by atoms with Crippen molar-refractivity contribution in [3.63, 3.8) is 0 Å². The van der Waals surface area contributed by atoms with Crippen LogP contribution in [0.3, 0.4) is 0 Å². The molecule has 2 nitrogen and oxygen atoms in total. The topological polar surface area (TPSA) is 26.3 Å². The van der Waals surface area contributed by atoms with E-state index in [0.29, 0.717) is 6.42 Å². The Bertz CT molecular complexity index is 415. The predicted molar refractivity (Wildman–Crippen MR) is 121 cm³/mol. The first-order valence-electron chi connectivity index (χ1n) is 11.4. The lowest BCUT2D eigenvalue weighted by Gasteiger charge is -2.35. The average Bonchev–Trinajstić information content (AvgIpc) is 2.57. The van der Waals surface area contributed by atoms with Crippen LogP contribution in [-0.2, 0) is 9.22 Å². The maximum Gasteiger partial charge on any atom is 0.292 e. The lowest BCUT2D eigenvalue weighted by atomic mass is 10.0. The molecule has 0 N–H and O–H groups in total. The molecule has 0 bridgehead atoms. The minimum absolute atomic E-state index is 0.0147. The molecule has 0 atom stereocenters. The quantitative estimate of drug-likeness (QED) is 0.150. The van der Waals surface area contributed by atoms with E-state index < -0.39 is 8.32 Å². The zero-order valence-electron chi connectivity index (χ0n) is 19.0. The van der Waals surface area contributed by atoms with Gasteiger partial charge in [0.15, 0.2) is 0 Å². The van der Waals surface area contributed by atoms with E-state index in [-0.39, 0.29) is 11.0 Å². The first-order valence-corrected chi connectivity index (χ1v) is 14.3. The molecule has 0 unspecified atom stereocenters. The van der Waals surface area contributed by atoms with Crippen molar-refractivity contribution in [2.45, 2.75) is 135 Å². The van der Waals surface area contributed by atoms with Crippen molar-refractivity contribution in [1.82, 2.24) is 0 Å². The van der Waals surface area contributed by atoms with Gasteiger partial charge < -0.3 is 4.43 Å². The van der Waals surface area contributed by atoms with Gasteiger partial charge in [-0.1, -0.05) is 91.4 Å². The Morgan fingerprint density at radius 1 is 0.778 bits per heavy atom. The van der Waals surface area contributed by atoms with Crippen molar-refractivity contribution in [2.24, 2.45) is 0 Å².